The fourth-order valence-electron chi connectivity index (χ4n) is 2.34. The number of rotatable bonds is 4. The first-order chi connectivity index (χ1) is 10.8. The molecule has 3 heterocycles. The summed E-state index contributed by atoms with van der Waals surface area (Å²) in [7, 11) is -3.97. The Balaban J connectivity index is 1.85. The zero-order valence-corrected chi connectivity index (χ0v) is 12.7. The lowest BCUT2D eigenvalue weighted by atomic mass is 10.1. The lowest BCUT2D eigenvalue weighted by Crippen LogP contribution is -2.33. The van der Waals surface area contributed by atoms with E-state index in [9.17, 15) is 14.8 Å². The maximum Gasteiger partial charge on any atom is 0.182 e. The Kier molecular flexibility index (Phi) is 4.08. The fourth-order valence-corrected chi connectivity index (χ4v) is 2.72. The van der Waals surface area contributed by atoms with Crippen LogP contribution in [0.15, 0.2) is 12.7 Å². The quantitative estimate of drug-likeness (QED) is 0.400. The molecule has 23 heavy (non-hydrogen) atoms. The minimum Gasteiger partial charge on any atom is -0.387 e. The van der Waals surface area contributed by atoms with Gasteiger partial charge in [0.25, 0.3) is 0 Å². The van der Waals surface area contributed by atoms with Crippen LogP contribution in [0.25, 0.3) is 11.2 Å². The first kappa shape index (κ1) is 16.2. The second-order valence-corrected chi connectivity index (χ2v) is 6.60. The molecule has 0 aliphatic carbocycles. The average Bonchev–Trinajstić information content (AvgIpc) is 3.01. The van der Waals surface area contributed by atoms with Gasteiger partial charge in [0.1, 0.15) is 30.2 Å². The molecule has 0 radical (unpaired) electrons. The molecule has 0 spiro atoms. The van der Waals surface area contributed by atoms with E-state index in [2.05, 4.69) is 26.1 Å². The smallest absolute Gasteiger partial charge is 0.182 e. The Labute approximate surface area is 130 Å². The van der Waals surface area contributed by atoms with Crippen molar-refractivity contribution in [1.82, 2.24) is 19.5 Å². The van der Waals surface area contributed by atoms with Crippen molar-refractivity contribution in [2.75, 3.05) is 12.3 Å². The van der Waals surface area contributed by atoms with Crippen LogP contribution in [-0.2, 0) is 13.8 Å². The lowest BCUT2D eigenvalue weighted by Gasteiger charge is -2.18. The van der Waals surface area contributed by atoms with E-state index in [1.165, 1.54) is 17.2 Å². The van der Waals surface area contributed by atoms with Gasteiger partial charge in [0.2, 0.25) is 0 Å². The molecule has 5 atom stereocenters. The molecule has 1 unspecified atom stereocenters. The van der Waals surface area contributed by atoms with Crippen LogP contribution in [0.2, 0.25) is 0 Å². The van der Waals surface area contributed by atoms with Crippen LogP contribution in [0, 0.1) is 6.66 Å². The van der Waals surface area contributed by atoms with Gasteiger partial charge in [-0.1, -0.05) is 0 Å². The Hall–Kier alpha value is -1.62. The number of aliphatic hydroxyl groups excluding tert-OH is 2. The number of hydrogen-bond donors (Lipinski definition) is 4. The lowest BCUT2D eigenvalue weighted by molar-refractivity contribution is -0.0482. The molecule has 0 amide bonds. The first-order valence-electron chi connectivity index (χ1n) is 6.54. The highest BCUT2D eigenvalue weighted by molar-refractivity contribution is 7.54. The molecular weight excluding hydrogens is 329 g/mol. The summed E-state index contributed by atoms with van der Waals surface area (Å²) >= 11 is 0. The van der Waals surface area contributed by atoms with E-state index >= 15 is 0 Å². The fraction of sp³-hybridized carbons (Fsp3) is 0.455. The highest BCUT2D eigenvalue weighted by Gasteiger charge is 2.44. The summed E-state index contributed by atoms with van der Waals surface area (Å²) in [6, 6.07) is 0. The molecule has 1 saturated heterocycles. The van der Waals surface area contributed by atoms with E-state index in [1.807, 2.05) is 0 Å². The molecular formula is C11H15N5O6P-. The molecule has 2 aromatic heterocycles. The molecule has 12 heteroatoms. The highest BCUT2D eigenvalue weighted by Crippen LogP contribution is 2.41. The van der Waals surface area contributed by atoms with Gasteiger partial charge < -0.3 is 30.1 Å². The number of nitrogens with two attached hydrogens (primary N) is 1. The van der Waals surface area contributed by atoms with Crippen molar-refractivity contribution in [2.24, 2.45) is 0 Å². The largest absolute Gasteiger partial charge is 0.387 e. The molecule has 3 rings (SSSR count). The van der Waals surface area contributed by atoms with E-state index in [0.717, 1.165) is 0 Å². The predicted octanol–water partition coefficient (Wildman–Crippen LogP) is -0.979. The third kappa shape index (κ3) is 3.07. The van der Waals surface area contributed by atoms with Gasteiger partial charge in [-0.25, -0.2) is 21.6 Å². The van der Waals surface area contributed by atoms with Gasteiger partial charge in [-0.2, -0.15) is 0 Å². The van der Waals surface area contributed by atoms with E-state index < -0.39 is 38.7 Å². The number of anilines is 1. The van der Waals surface area contributed by atoms with Crippen molar-refractivity contribution < 1.29 is 28.9 Å². The third-order valence-corrected chi connectivity index (χ3v) is 3.99. The second-order valence-electron chi connectivity index (χ2n) is 5.06. The first-order valence-corrected chi connectivity index (χ1v) is 8.30. The summed E-state index contributed by atoms with van der Waals surface area (Å²) in [5.41, 5.74) is 6.34. The standard InChI is InChI=1S/C11H15N5O6P/c1-23(19,20)21-2-5-7(17)8(18)11(22-5)16-4-15-6-9(12)13-3-14-10(6)16/h3-5,7-8,11,17-18H,1-2H2,(H,19,20)(H2,12,13,14)/q-1/t5-,7-,8-,11-/m1/s1. The average molecular weight is 344 g/mol. The summed E-state index contributed by atoms with van der Waals surface area (Å²) < 4.78 is 22.6. The minimum atomic E-state index is -3.97. The third-order valence-electron chi connectivity index (χ3n) is 3.44. The zero-order chi connectivity index (χ0) is 16.8. The van der Waals surface area contributed by atoms with Crippen LogP contribution in [0.1, 0.15) is 6.23 Å². The van der Waals surface area contributed by atoms with Gasteiger partial charge in [0.05, 0.1) is 12.9 Å². The summed E-state index contributed by atoms with van der Waals surface area (Å²) in [6.45, 7) is 2.53. The van der Waals surface area contributed by atoms with Gasteiger partial charge in [-0.3, -0.25) is 9.13 Å². The normalized spacial score (nSPS) is 30.6. The number of aliphatic hydroxyl groups is 2. The number of nitrogen functional groups attached to an aromatic ring is 1. The van der Waals surface area contributed by atoms with Crippen molar-refractivity contribution in [1.29, 1.82) is 0 Å². The summed E-state index contributed by atoms with van der Waals surface area (Å²) in [4.78, 5) is 20.9. The predicted molar refractivity (Wildman–Crippen MR) is 76.8 cm³/mol. The summed E-state index contributed by atoms with van der Waals surface area (Å²) in [5, 5.41) is 20.2. The Morgan fingerprint density at radius 2 is 2.13 bits per heavy atom. The van der Waals surface area contributed by atoms with Crippen LogP contribution >= 0.6 is 7.60 Å². The van der Waals surface area contributed by atoms with Crippen molar-refractivity contribution in [3.05, 3.63) is 19.3 Å². The molecule has 1 aliphatic rings. The van der Waals surface area contributed by atoms with Crippen LogP contribution < -0.4 is 5.73 Å². The summed E-state index contributed by atoms with van der Waals surface area (Å²) in [5.74, 6) is 0.167. The van der Waals surface area contributed by atoms with E-state index in [4.69, 9.17) is 15.4 Å². The highest BCUT2D eigenvalue weighted by atomic mass is 31.2. The molecule has 0 saturated carbocycles. The molecule has 126 valence electrons. The van der Waals surface area contributed by atoms with E-state index in [-0.39, 0.29) is 5.82 Å². The van der Waals surface area contributed by atoms with Crippen LogP contribution in [-0.4, -0.2) is 59.5 Å². The molecule has 0 aromatic carbocycles. The van der Waals surface area contributed by atoms with E-state index in [0.29, 0.717) is 11.2 Å². The van der Waals surface area contributed by atoms with Crippen molar-refractivity contribution in [2.45, 2.75) is 24.5 Å². The molecule has 1 aliphatic heterocycles. The maximum absolute atomic E-state index is 11.1. The number of hydrogen-bond acceptors (Lipinski definition) is 9. The van der Waals surface area contributed by atoms with Crippen molar-refractivity contribution in [3.63, 3.8) is 0 Å². The van der Waals surface area contributed by atoms with Gasteiger partial charge in [0, 0.05) is 0 Å². The van der Waals surface area contributed by atoms with Crippen molar-refractivity contribution in [3.8, 4) is 0 Å². The molecule has 1 fully saturated rings. The number of imidazole rings is 1. The monoisotopic (exact) mass is 344 g/mol. The molecule has 0 bridgehead atoms. The van der Waals surface area contributed by atoms with Gasteiger partial charge in [-0.15, -0.1) is 0 Å². The van der Waals surface area contributed by atoms with Crippen molar-refractivity contribution >= 4 is 24.6 Å². The second kappa shape index (κ2) is 5.78. The number of aromatic nitrogens is 4. The van der Waals surface area contributed by atoms with Gasteiger partial charge >= 0.3 is 0 Å². The minimum absolute atomic E-state index is 0.167. The number of nitrogens with zero attached hydrogens (tertiary/aromatic N) is 4. The maximum atomic E-state index is 11.1. The number of fused-ring (bicyclic) bond motifs is 1. The van der Waals surface area contributed by atoms with Crippen LogP contribution in [0.3, 0.4) is 0 Å². The van der Waals surface area contributed by atoms with Crippen LogP contribution in [0.5, 0.6) is 0 Å². The zero-order valence-electron chi connectivity index (χ0n) is 11.8. The Morgan fingerprint density at radius 1 is 1.39 bits per heavy atom. The molecule has 11 nitrogen and oxygen atoms in total. The Morgan fingerprint density at radius 3 is 2.83 bits per heavy atom. The van der Waals surface area contributed by atoms with Crippen LogP contribution in [0.4, 0.5) is 5.82 Å². The molecule has 2 aromatic rings. The van der Waals surface area contributed by atoms with Gasteiger partial charge in [-0.05, 0) is 0 Å². The SMILES string of the molecule is [CH2-]P(=O)(O)OC[C@H]1O[C@@H](n2cnc3c(N)ncnc32)[C@H](O)[C@@H]1O. The van der Waals surface area contributed by atoms with E-state index in [1.54, 1.807) is 0 Å². The summed E-state index contributed by atoms with van der Waals surface area (Å²) in [6.07, 6.45) is -2.10. The van der Waals surface area contributed by atoms with Gasteiger partial charge in [0.15, 0.2) is 25.3 Å². The molecule has 5 N–H and O–H groups in total. The topological polar surface area (TPSA) is 166 Å². The number of ether oxygens (including phenoxy) is 1. The Bertz CT molecular complexity index is 762.